The second-order valence-electron chi connectivity index (χ2n) is 0.623. The van der Waals surface area contributed by atoms with Gasteiger partial charge < -0.3 is 0 Å². The molecule has 1 aromatic heterocycles. The van der Waals surface area contributed by atoms with Gasteiger partial charge in [-0.05, 0) is 0 Å². The lowest BCUT2D eigenvalue weighted by Gasteiger charge is -1.38. The van der Waals surface area contributed by atoms with Crippen molar-refractivity contribution in [2.75, 3.05) is 0 Å². The van der Waals surface area contributed by atoms with E-state index < -0.39 is 0 Å². The predicted octanol–water partition coefficient (Wildman–Crippen LogP) is 0.669. The van der Waals surface area contributed by atoms with Gasteiger partial charge in [-0.3, -0.25) is 4.79 Å². The van der Waals surface area contributed by atoms with Crippen LogP contribution in [0.5, 0.6) is 0 Å². The van der Waals surface area contributed by atoms with Crippen LogP contribution in [-0.2, 0) is 4.79 Å². The first-order chi connectivity index (χ1) is 3.50. The van der Waals surface area contributed by atoms with Crippen LogP contribution in [0.1, 0.15) is 0 Å². The molecule has 0 N–H and O–H groups in total. The van der Waals surface area contributed by atoms with Gasteiger partial charge >= 0.3 is 0 Å². The second-order valence-corrected chi connectivity index (χ2v) is 1.31. The minimum Gasteiger partial charge on any atom is -0.295 e. The first-order valence-corrected chi connectivity index (χ1v) is 2.37. The molecule has 0 spiro atoms. The molecule has 0 aliphatic carbocycles. The van der Waals surface area contributed by atoms with Gasteiger partial charge in [-0.15, -0.1) is 11.3 Å². The highest BCUT2D eigenvalue weighted by Gasteiger charge is 1.61. The summed E-state index contributed by atoms with van der Waals surface area (Å²) >= 11 is 1.48. The summed E-state index contributed by atoms with van der Waals surface area (Å²) < 4.78 is 0. The van der Waals surface area contributed by atoms with Crippen molar-refractivity contribution in [2.45, 2.75) is 0 Å². The van der Waals surface area contributed by atoms with E-state index in [2.05, 4.69) is 17.3 Å². The van der Waals surface area contributed by atoms with Gasteiger partial charge in [0.25, 0.3) is 0 Å². The number of aromatic nitrogens is 1. The highest BCUT2D eigenvalue weighted by atomic mass is 32.1. The van der Waals surface area contributed by atoms with Crippen LogP contribution in [0, 0.1) is 5.51 Å². The molecule has 0 unspecified atom stereocenters. The van der Waals surface area contributed by atoms with E-state index in [-0.39, 0.29) is 0 Å². The third kappa shape index (κ3) is 3.12. The van der Waals surface area contributed by atoms with Gasteiger partial charge in [0, 0.05) is 11.6 Å². The molecule has 3 heteroatoms. The summed E-state index contributed by atoms with van der Waals surface area (Å²) in [5.74, 6) is 0. The molecule has 1 heterocycles. The first kappa shape index (κ1) is 6.30. The largest absolute Gasteiger partial charge is 0.295 e. The molecule has 0 aromatic carbocycles. The van der Waals surface area contributed by atoms with Crippen molar-refractivity contribution in [2.24, 2.45) is 0 Å². The van der Waals surface area contributed by atoms with Gasteiger partial charge in [-0.1, -0.05) is 0 Å². The number of hydrogen-bond donors (Lipinski definition) is 0. The standard InChI is InChI=1S/C3H2NS.CHO/c1-2-5-3-4-1;1-2/h1-2H;1H. The van der Waals surface area contributed by atoms with Crippen molar-refractivity contribution >= 4 is 18.1 Å². The topological polar surface area (TPSA) is 30.0 Å². The number of thiazole rings is 1. The minimum absolute atomic E-state index is 1.48. The average molecular weight is 113 g/mol. The van der Waals surface area contributed by atoms with Crippen LogP contribution in [-0.4, -0.2) is 11.8 Å². The molecular weight excluding hydrogens is 110 g/mol. The van der Waals surface area contributed by atoms with Crippen LogP contribution >= 0.6 is 11.3 Å². The van der Waals surface area contributed by atoms with E-state index in [1.807, 2.05) is 5.38 Å². The fourth-order valence-electron chi connectivity index (χ4n) is 0.152. The Balaban J connectivity index is 0.000000162. The Labute approximate surface area is 45.8 Å². The van der Waals surface area contributed by atoms with E-state index in [1.54, 1.807) is 6.20 Å². The van der Waals surface area contributed by atoms with Gasteiger partial charge in [0.2, 0.25) is 0 Å². The molecular formula is C4H3NOS. The number of nitrogens with zero attached hydrogens (tertiary/aromatic N) is 1. The van der Waals surface area contributed by atoms with E-state index in [4.69, 9.17) is 4.79 Å². The van der Waals surface area contributed by atoms with E-state index in [1.165, 1.54) is 11.3 Å². The molecule has 2 nitrogen and oxygen atoms in total. The van der Waals surface area contributed by atoms with Gasteiger partial charge in [-0.2, -0.15) is 0 Å². The molecule has 0 amide bonds. The molecule has 1 aromatic rings. The van der Waals surface area contributed by atoms with Crippen LogP contribution in [0.4, 0.5) is 0 Å². The minimum atomic E-state index is 1.48. The Bertz CT molecular complexity index is 78.6. The molecule has 1 rings (SSSR count). The third-order valence-corrected chi connectivity index (χ3v) is 0.777. The van der Waals surface area contributed by atoms with E-state index in [0.29, 0.717) is 0 Å². The molecule has 0 atom stereocenters. The summed E-state index contributed by atoms with van der Waals surface area (Å²) in [5, 5.41) is 1.88. The smallest absolute Gasteiger partial charge is 0.182 e. The van der Waals surface area contributed by atoms with E-state index >= 15 is 0 Å². The number of hydrogen-bond acceptors (Lipinski definition) is 3. The van der Waals surface area contributed by atoms with Crippen LogP contribution in [0.3, 0.4) is 0 Å². The Morgan fingerprint density at radius 1 is 1.71 bits per heavy atom. The molecule has 0 bridgehead atoms. The zero-order valence-corrected chi connectivity index (χ0v) is 4.31. The lowest BCUT2D eigenvalue weighted by molar-refractivity contribution is 0.574. The number of carbonyl (C=O) groups excluding carboxylic acids is 1. The first-order valence-electron chi connectivity index (χ1n) is 1.49. The zero-order valence-electron chi connectivity index (χ0n) is 3.50. The SMILES string of the molecule is [CH]=O.[c]1nccs1. The van der Waals surface area contributed by atoms with Gasteiger partial charge in [0.1, 0.15) is 0 Å². The van der Waals surface area contributed by atoms with Crippen molar-refractivity contribution in [3.05, 3.63) is 17.1 Å². The second kappa shape index (κ2) is 5.30. The van der Waals surface area contributed by atoms with Crippen LogP contribution in [0.15, 0.2) is 11.6 Å². The maximum Gasteiger partial charge on any atom is 0.182 e. The van der Waals surface area contributed by atoms with Crippen molar-refractivity contribution in [3.63, 3.8) is 0 Å². The normalized spacial score (nSPS) is 6.29. The van der Waals surface area contributed by atoms with Gasteiger partial charge in [0.05, 0.1) is 0 Å². The van der Waals surface area contributed by atoms with Crippen molar-refractivity contribution in [3.8, 4) is 0 Å². The Kier molecular flexibility index (Phi) is 4.77. The van der Waals surface area contributed by atoms with E-state index in [9.17, 15) is 0 Å². The monoisotopic (exact) mass is 113 g/mol. The van der Waals surface area contributed by atoms with Gasteiger partial charge in [0.15, 0.2) is 12.3 Å². The fourth-order valence-corrected chi connectivity index (χ4v) is 0.456. The predicted molar refractivity (Wildman–Crippen MR) is 27.7 cm³/mol. The lowest BCUT2D eigenvalue weighted by atomic mass is 11.0. The van der Waals surface area contributed by atoms with Crippen molar-refractivity contribution < 1.29 is 4.79 Å². The highest BCUT2D eigenvalue weighted by molar-refractivity contribution is 7.06. The van der Waals surface area contributed by atoms with Crippen LogP contribution in [0.2, 0.25) is 0 Å². The summed E-state index contributed by atoms with van der Waals surface area (Å²) in [5.41, 5.74) is 2.65. The van der Waals surface area contributed by atoms with Crippen molar-refractivity contribution in [1.29, 1.82) is 0 Å². The van der Waals surface area contributed by atoms with E-state index in [0.717, 1.165) is 0 Å². The Morgan fingerprint density at radius 2 is 2.43 bits per heavy atom. The molecule has 7 heavy (non-hydrogen) atoms. The summed E-state index contributed by atoms with van der Waals surface area (Å²) in [6.07, 6.45) is 1.71. The molecule has 2 radical (unpaired) electrons. The van der Waals surface area contributed by atoms with Crippen LogP contribution in [0.25, 0.3) is 0 Å². The lowest BCUT2D eigenvalue weighted by Crippen LogP contribution is -1.39. The number of rotatable bonds is 0. The Hall–Kier alpha value is -0.700. The summed E-state index contributed by atoms with van der Waals surface area (Å²) in [7, 11) is 0. The fraction of sp³-hybridized carbons (Fsp3) is 0. The molecule has 0 saturated carbocycles. The molecule has 0 fully saturated rings. The highest BCUT2D eigenvalue weighted by Crippen LogP contribution is 1.84. The summed E-state index contributed by atoms with van der Waals surface area (Å²) in [6.45, 7) is 3.25. The Morgan fingerprint density at radius 3 is 2.57 bits per heavy atom. The summed E-state index contributed by atoms with van der Waals surface area (Å²) in [6, 6.07) is 0. The average Bonchev–Trinajstić information content (AvgIpc) is 2.23. The van der Waals surface area contributed by atoms with Crippen molar-refractivity contribution in [1.82, 2.24) is 4.98 Å². The molecule has 0 saturated heterocycles. The third-order valence-electron chi connectivity index (χ3n) is 0.309. The quantitative estimate of drug-likeness (QED) is 0.463. The van der Waals surface area contributed by atoms with Crippen LogP contribution < -0.4 is 0 Å². The maximum atomic E-state index is 7.75. The molecule has 0 aliphatic rings. The van der Waals surface area contributed by atoms with Gasteiger partial charge in [-0.25, -0.2) is 4.98 Å². The zero-order chi connectivity index (χ0) is 5.54. The maximum absolute atomic E-state index is 7.75. The molecule has 0 aliphatic heterocycles. The summed E-state index contributed by atoms with van der Waals surface area (Å²) in [4.78, 5) is 11.4. The molecule has 36 valence electrons.